The molecule has 0 saturated heterocycles. The number of rotatable bonds is 6. The summed E-state index contributed by atoms with van der Waals surface area (Å²) in [5, 5.41) is 0. The summed E-state index contributed by atoms with van der Waals surface area (Å²) in [6.07, 6.45) is 0. The Morgan fingerprint density at radius 3 is 1.60 bits per heavy atom. The fraction of sp³-hybridized carbons (Fsp3) is 0.409. The summed E-state index contributed by atoms with van der Waals surface area (Å²) < 4.78 is 6.90. The van der Waals surface area contributed by atoms with Crippen molar-refractivity contribution in [2.45, 2.75) is 58.2 Å². The molecule has 0 amide bonds. The lowest BCUT2D eigenvalue weighted by molar-refractivity contribution is 0.474. The third-order valence-corrected chi connectivity index (χ3v) is 10.9. The maximum atomic E-state index is 6.90. The molecule has 0 aromatic heterocycles. The van der Waals surface area contributed by atoms with Gasteiger partial charge in [0.2, 0.25) is 5.90 Å². The van der Waals surface area contributed by atoms with Gasteiger partial charge in [-0.05, 0) is 40.9 Å². The van der Waals surface area contributed by atoms with Crippen molar-refractivity contribution in [1.29, 1.82) is 0 Å². The molecule has 0 fully saturated rings. The predicted octanol–water partition coefficient (Wildman–Crippen LogP) is 6.96. The van der Waals surface area contributed by atoms with E-state index in [1.165, 1.54) is 0 Å². The molecule has 2 aromatic rings. The van der Waals surface area contributed by atoms with Crippen LogP contribution >= 0.6 is 0 Å². The smallest absolute Gasteiger partial charge is 0.260 e. The molecule has 0 N–H and O–H groups in total. The molecule has 25 heavy (non-hydrogen) atoms. The lowest BCUT2D eigenvalue weighted by Crippen LogP contribution is -2.49. The van der Waals surface area contributed by atoms with Gasteiger partial charge in [-0.3, -0.25) is 0 Å². The van der Waals surface area contributed by atoms with E-state index in [0.717, 1.165) is 17.1 Å². The minimum Gasteiger partial charge on any atom is -0.529 e. The second kappa shape index (κ2) is 8.48. The van der Waals surface area contributed by atoms with Crippen LogP contribution in [0.25, 0.3) is 0 Å². The molecule has 2 rings (SSSR count). The number of hydrogen-bond donors (Lipinski definition) is 0. The molecule has 3 heteroatoms. The van der Waals surface area contributed by atoms with Gasteiger partial charge < -0.3 is 4.43 Å². The third kappa shape index (κ3) is 4.40. The highest BCUT2D eigenvalue weighted by Gasteiger charge is 2.47. The first-order valence-electron chi connectivity index (χ1n) is 9.26. The van der Waals surface area contributed by atoms with Crippen molar-refractivity contribution in [2.24, 2.45) is 4.99 Å². The second-order valence-corrected chi connectivity index (χ2v) is 12.9. The number of benzene rings is 2. The zero-order chi connectivity index (χ0) is 18.4. The van der Waals surface area contributed by atoms with Crippen molar-refractivity contribution < 1.29 is 4.43 Å². The van der Waals surface area contributed by atoms with E-state index in [1.54, 1.807) is 0 Å². The molecule has 2 aromatic carbocycles. The van der Waals surface area contributed by atoms with E-state index in [-0.39, 0.29) is 0 Å². The van der Waals surface area contributed by atoms with Crippen LogP contribution < -0.4 is 0 Å². The van der Waals surface area contributed by atoms with E-state index < -0.39 is 8.32 Å². The Morgan fingerprint density at radius 1 is 0.720 bits per heavy atom. The van der Waals surface area contributed by atoms with Gasteiger partial charge in [0.1, 0.15) is 0 Å². The molecule has 0 bridgehead atoms. The van der Waals surface area contributed by atoms with Gasteiger partial charge in [-0.1, -0.05) is 77.9 Å². The van der Waals surface area contributed by atoms with Gasteiger partial charge >= 0.3 is 0 Å². The largest absolute Gasteiger partial charge is 0.529 e. The van der Waals surface area contributed by atoms with Crippen LogP contribution in [0.5, 0.6) is 0 Å². The van der Waals surface area contributed by atoms with Crippen molar-refractivity contribution in [2.75, 3.05) is 0 Å². The topological polar surface area (TPSA) is 21.6 Å². The fourth-order valence-corrected chi connectivity index (χ4v) is 9.07. The van der Waals surface area contributed by atoms with E-state index in [0.29, 0.717) is 16.6 Å². The zero-order valence-corrected chi connectivity index (χ0v) is 17.4. The SMILES string of the molecule is CC(C)[Si](OC(=Nc1ccccc1)c1ccccc1)(C(C)C)C(C)C. The van der Waals surface area contributed by atoms with Crippen LogP contribution in [0, 0.1) is 0 Å². The Kier molecular flexibility index (Phi) is 6.60. The first-order valence-corrected chi connectivity index (χ1v) is 11.4. The Balaban J connectivity index is 2.54. The number of hydrogen-bond acceptors (Lipinski definition) is 2. The minimum atomic E-state index is -2.06. The van der Waals surface area contributed by atoms with E-state index in [2.05, 4.69) is 53.7 Å². The van der Waals surface area contributed by atoms with Crippen molar-refractivity contribution in [1.82, 2.24) is 0 Å². The first kappa shape index (κ1) is 19.5. The highest BCUT2D eigenvalue weighted by Crippen LogP contribution is 2.43. The monoisotopic (exact) mass is 353 g/mol. The van der Waals surface area contributed by atoms with Crippen LogP contribution in [0.2, 0.25) is 16.6 Å². The molecule has 0 aliphatic rings. The van der Waals surface area contributed by atoms with Gasteiger partial charge in [0.05, 0.1) is 5.69 Å². The number of nitrogens with zero attached hydrogens (tertiary/aromatic N) is 1. The third-order valence-electron chi connectivity index (χ3n) is 4.99. The van der Waals surface area contributed by atoms with E-state index in [4.69, 9.17) is 9.42 Å². The molecule has 0 heterocycles. The lowest BCUT2D eigenvalue weighted by atomic mass is 10.2. The second-order valence-electron chi connectivity index (χ2n) is 7.54. The molecule has 0 aliphatic carbocycles. The average molecular weight is 354 g/mol. The first-order chi connectivity index (χ1) is 11.9. The van der Waals surface area contributed by atoms with Gasteiger partial charge in [-0.15, -0.1) is 0 Å². The Labute approximate surface area is 154 Å². The molecule has 0 radical (unpaired) electrons. The summed E-state index contributed by atoms with van der Waals surface area (Å²) >= 11 is 0. The summed E-state index contributed by atoms with van der Waals surface area (Å²) in [6, 6.07) is 20.4. The summed E-state index contributed by atoms with van der Waals surface area (Å²) in [4.78, 5) is 4.89. The maximum Gasteiger partial charge on any atom is 0.260 e. The van der Waals surface area contributed by atoms with Crippen LogP contribution in [-0.2, 0) is 4.43 Å². The molecule has 0 unspecified atom stereocenters. The van der Waals surface area contributed by atoms with Crippen LogP contribution in [0.15, 0.2) is 65.7 Å². The molecule has 0 atom stereocenters. The Hall–Kier alpha value is -1.87. The van der Waals surface area contributed by atoms with E-state index in [9.17, 15) is 0 Å². The molecular formula is C22H31NOSi. The van der Waals surface area contributed by atoms with Crippen molar-refractivity contribution in [3.8, 4) is 0 Å². The molecule has 134 valence electrons. The maximum absolute atomic E-state index is 6.90. The molecule has 0 spiro atoms. The van der Waals surface area contributed by atoms with Crippen molar-refractivity contribution in [3.05, 3.63) is 66.2 Å². The average Bonchev–Trinajstić information content (AvgIpc) is 2.59. The predicted molar refractivity (Wildman–Crippen MR) is 111 cm³/mol. The molecule has 0 saturated carbocycles. The number of para-hydroxylation sites is 1. The van der Waals surface area contributed by atoms with Crippen LogP contribution in [0.3, 0.4) is 0 Å². The summed E-state index contributed by atoms with van der Waals surface area (Å²) in [5.74, 6) is 0.759. The fourth-order valence-electron chi connectivity index (χ4n) is 3.87. The highest BCUT2D eigenvalue weighted by atomic mass is 28.4. The van der Waals surface area contributed by atoms with Gasteiger partial charge in [0.15, 0.2) is 0 Å². The Morgan fingerprint density at radius 2 is 1.16 bits per heavy atom. The Bertz CT molecular complexity index is 656. The molecular weight excluding hydrogens is 322 g/mol. The van der Waals surface area contributed by atoms with Gasteiger partial charge in [-0.2, -0.15) is 0 Å². The number of aliphatic imine (C=N–C) groups is 1. The van der Waals surface area contributed by atoms with Gasteiger partial charge in [-0.25, -0.2) is 4.99 Å². The van der Waals surface area contributed by atoms with Gasteiger partial charge in [0.25, 0.3) is 8.32 Å². The normalized spacial score (nSPS) is 12.9. The van der Waals surface area contributed by atoms with E-state index >= 15 is 0 Å². The molecule has 0 aliphatic heterocycles. The van der Waals surface area contributed by atoms with Crippen LogP contribution in [0.1, 0.15) is 47.1 Å². The lowest BCUT2D eigenvalue weighted by Gasteiger charge is -2.42. The summed E-state index contributed by atoms with van der Waals surface area (Å²) in [6.45, 7) is 13.8. The van der Waals surface area contributed by atoms with Crippen molar-refractivity contribution >= 4 is 19.9 Å². The van der Waals surface area contributed by atoms with Gasteiger partial charge in [0, 0.05) is 5.56 Å². The molecule has 2 nitrogen and oxygen atoms in total. The van der Waals surface area contributed by atoms with Crippen LogP contribution in [-0.4, -0.2) is 14.2 Å². The van der Waals surface area contributed by atoms with Crippen molar-refractivity contribution in [3.63, 3.8) is 0 Å². The standard InChI is InChI=1S/C22H31NOSi/c1-17(2)25(18(3)4,19(5)6)24-22(20-13-9-7-10-14-20)23-21-15-11-8-12-16-21/h7-19H,1-6H3. The minimum absolute atomic E-state index is 0.511. The van der Waals surface area contributed by atoms with Crippen LogP contribution in [0.4, 0.5) is 5.69 Å². The summed E-state index contributed by atoms with van der Waals surface area (Å²) in [5.41, 5.74) is 3.51. The van der Waals surface area contributed by atoms with E-state index in [1.807, 2.05) is 48.5 Å². The highest BCUT2D eigenvalue weighted by molar-refractivity contribution is 6.79. The summed E-state index contributed by atoms with van der Waals surface area (Å²) in [7, 11) is -2.06. The zero-order valence-electron chi connectivity index (χ0n) is 16.4. The quantitative estimate of drug-likeness (QED) is 0.312.